The minimum atomic E-state index is 0.785. The van der Waals surface area contributed by atoms with Crippen LogP contribution in [0.25, 0.3) is 0 Å². The van der Waals surface area contributed by atoms with E-state index in [4.69, 9.17) is 0 Å². The molecule has 0 radical (unpaired) electrons. The second kappa shape index (κ2) is 3.60. The molecule has 1 atom stereocenters. The molecule has 0 heteroatoms. The van der Waals surface area contributed by atoms with Crippen LogP contribution in [0.5, 0.6) is 0 Å². The minimum Gasteiger partial charge on any atom is -0.0651 e. The van der Waals surface area contributed by atoms with E-state index in [-0.39, 0.29) is 0 Å². The van der Waals surface area contributed by atoms with Crippen LogP contribution < -0.4 is 0 Å². The summed E-state index contributed by atoms with van der Waals surface area (Å²) in [7, 11) is 0. The maximum atomic E-state index is 2.43. The van der Waals surface area contributed by atoms with Gasteiger partial charge in [-0.25, -0.2) is 0 Å². The Bertz CT molecular complexity index is 111. The van der Waals surface area contributed by atoms with E-state index in [1.54, 1.807) is 0 Å². The third-order valence-corrected chi connectivity index (χ3v) is 3.28. The summed E-state index contributed by atoms with van der Waals surface area (Å²) >= 11 is 0. The molecule has 66 valence electrons. The van der Waals surface area contributed by atoms with Crippen LogP contribution in [0.4, 0.5) is 0 Å². The van der Waals surface area contributed by atoms with Gasteiger partial charge in [-0.15, -0.1) is 0 Å². The first kappa shape index (κ1) is 9.09. The zero-order valence-corrected chi connectivity index (χ0v) is 8.32. The molecule has 1 aliphatic carbocycles. The van der Waals surface area contributed by atoms with Gasteiger partial charge in [-0.2, -0.15) is 0 Å². The van der Waals surface area contributed by atoms with Crippen molar-refractivity contribution in [2.75, 3.05) is 0 Å². The van der Waals surface area contributed by atoms with E-state index >= 15 is 0 Å². The summed E-state index contributed by atoms with van der Waals surface area (Å²) in [5.41, 5.74) is 0.785. The Labute approximate surface area is 71.4 Å². The average Bonchev–Trinajstić information content (AvgIpc) is 2.68. The van der Waals surface area contributed by atoms with Gasteiger partial charge in [0.2, 0.25) is 0 Å². The fourth-order valence-corrected chi connectivity index (χ4v) is 1.54. The van der Waals surface area contributed by atoms with Gasteiger partial charge in [0.05, 0.1) is 0 Å². The average molecular weight is 154 g/mol. The van der Waals surface area contributed by atoms with E-state index in [1.807, 2.05) is 0 Å². The van der Waals surface area contributed by atoms with E-state index in [1.165, 1.54) is 38.5 Å². The monoisotopic (exact) mass is 154 g/mol. The van der Waals surface area contributed by atoms with E-state index in [2.05, 4.69) is 20.8 Å². The topological polar surface area (TPSA) is 0 Å². The molecular formula is C11H22. The summed E-state index contributed by atoms with van der Waals surface area (Å²) in [6.07, 6.45) is 8.74. The Hall–Kier alpha value is 0. The molecule has 1 saturated carbocycles. The smallest absolute Gasteiger partial charge is 0.0325 e. The standard InChI is InChI=1S/C11H22/c1-4-10(2)6-5-7-11(3)8-9-11/h10H,4-9H2,1-3H3. The third kappa shape index (κ3) is 3.27. The summed E-state index contributed by atoms with van der Waals surface area (Å²) in [5.74, 6) is 0.956. The van der Waals surface area contributed by atoms with Crippen LogP contribution in [0.3, 0.4) is 0 Å². The van der Waals surface area contributed by atoms with Gasteiger partial charge in [0.25, 0.3) is 0 Å². The highest BCUT2D eigenvalue weighted by molar-refractivity contribution is 4.87. The molecule has 0 aromatic carbocycles. The summed E-state index contributed by atoms with van der Waals surface area (Å²) < 4.78 is 0. The van der Waals surface area contributed by atoms with Crippen molar-refractivity contribution in [3.05, 3.63) is 0 Å². The van der Waals surface area contributed by atoms with E-state index in [9.17, 15) is 0 Å². The van der Waals surface area contributed by atoms with Crippen LogP contribution in [0.1, 0.15) is 59.3 Å². The van der Waals surface area contributed by atoms with Gasteiger partial charge >= 0.3 is 0 Å². The van der Waals surface area contributed by atoms with Gasteiger partial charge in [-0.05, 0) is 30.6 Å². The first-order valence-electron chi connectivity index (χ1n) is 5.16. The molecule has 1 unspecified atom stereocenters. The fraction of sp³-hybridized carbons (Fsp3) is 1.00. The lowest BCUT2D eigenvalue weighted by Gasteiger charge is -2.10. The molecule has 0 nitrogen and oxygen atoms in total. The molecule has 0 bridgehead atoms. The molecule has 0 amide bonds. The zero-order valence-electron chi connectivity index (χ0n) is 8.32. The van der Waals surface area contributed by atoms with Gasteiger partial charge in [-0.3, -0.25) is 0 Å². The summed E-state index contributed by atoms with van der Waals surface area (Å²) in [6, 6.07) is 0. The van der Waals surface area contributed by atoms with E-state index in [0.29, 0.717) is 0 Å². The molecule has 11 heavy (non-hydrogen) atoms. The van der Waals surface area contributed by atoms with E-state index in [0.717, 1.165) is 11.3 Å². The summed E-state index contributed by atoms with van der Waals surface area (Å²) in [6.45, 7) is 7.10. The molecule has 0 aliphatic heterocycles. The highest BCUT2D eigenvalue weighted by Crippen LogP contribution is 2.49. The normalized spacial score (nSPS) is 23.2. The van der Waals surface area contributed by atoms with Crippen molar-refractivity contribution in [2.45, 2.75) is 59.3 Å². The van der Waals surface area contributed by atoms with Gasteiger partial charge in [0.1, 0.15) is 0 Å². The highest BCUT2D eigenvalue weighted by atomic mass is 14.4. The maximum absolute atomic E-state index is 2.43. The van der Waals surface area contributed by atoms with Crippen LogP contribution in [-0.2, 0) is 0 Å². The Balaban J connectivity index is 1.95. The predicted molar refractivity (Wildman–Crippen MR) is 50.6 cm³/mol. The Morgan fingerprint density at radius 3 is 2.45 bits per heavy atom. The first-order valence-corrected chi connectivity index (χ1v) is 5.16. The molecule has 1 aliphatic rings. The van der Waals surface area contributed by atoms with Crippen molar-refractivity contribution in [2.24, 2.45) is 11.3 Å². The van der Waals surface area contributed by atoms with Gasteiger partial charge in [-0.1, -0.05) is 40.0 Å². The lowest BCUT2D eigenvalue weighted by atomic mass is 9.96. The molecule has 0 aromatic heterocycles. The molecule has 1 fully saturated rings. The summed E-state index contributed by atoms with van der Waals surface area (Å²) in [4.78, 5) is 0. The molecular weight excluding hydrogens is 132 g/mol. The molecule has 0 saturated heterocycles. The van der Waals surface area contributed by atoms with Crippen LogP contribution in [0.2, 0.25) is 0 Å². The van der Waals surface area contributed by atoms with Crippen molar-refractivity contribution >= 4 is 0 Å². The third-order valence-electron chi connectivity index (χ3n) is 3.28. The molecule has 0 N–H and O–H groups in total. The largest absolute Gasteiger partial charge is 0.0651 e. The molecule has 1 rings (SSSR count). The van der Waals surface area contributed by atoms with Crippen molar-refractivity contribution in [3.8, 4) is 0 Å². The first-order chi connectivity index (χ1) is 5.16. The van der Waals surface area contributed by atoms with Gasteiger partial charge in [0, 0.05) is 0 Å². The van der Waals surface area contributed by atoms with Crippen molar-refractivity contribution < 1.29 is 0 Å². The van der Waals surface area contributed by atoms with Crippen molar-refractivity contribution in [3.63, 3.8) is 0 Å². The Morgan fingerprint density at radius 2 is 2.00 bits per heavy atom. The molecule has 0 heterocycles. The van der Waals surface area contributed by atoms with Gasteiger partial charge < -0.3 is 0 Å². The SMILES string of the molecule is CCC(C)CCCC1(C)CC1. The lowest BCUT2D eigenvalue weighted by molar-refractivity contribution is 0.423. The Morgan fingerprint density at radius 1 is 1.36 bits per heavy atom. The number of rotatable bonds is 5. The number of hydrogen-bond acceptors (Lipinski definition) is 0. The van der Waals surface area contributed by atoms with Gasteiger partial charge in [0.15, 0.2) is 0 Å². The fourth-order valence-electron chi connectivity index (χ4n) is 1.54. The van der Waals surface area contributed by atoms with Crippen molar-refractivity contribution in [1.29, 1.82) is 0 Å². The lowest BCUT2D eigenvalue weighted by Crippen LogP contribution is -1.96. The quantitative estimate of drug-likeness (QED) is 0.561. The van der Waals surface area contributed by atoms with E-state index < -0.39 is 0 Å². The van der Waals surface area contributed by atoms with Crippen molar-refractivity contribution in [1.82, 2.24) is 0 Å². The minimum absolute atomic E-state index is 0.785. The van der Waals surface area contributed by atoms with Crippen LogP contribution in [-0.4, -0.2) is 0 Å². The number of hydrogen-bond donors (Lipinski definition) is 0. The summed E-state index contributed by atoms with van der Waals surface area (Å²) in [5, 5.41) is 0. The van der Waals surface area contributed by atoms with Crippen LogP contribution >= 0.6 is 0 Å². The molecule has 0 aromatic rings. The predicted octanol–water partition coefficient (Wildman–Crippen LogP) is 4.00. The second-order valence-corrected chi connectivity index (χ2v) is 4.72. The molecule has 0 spiro atoms. The Kier molecular flexibility index (Phi) is 2.98. The second-order valence-electron chi connectivity index (χ2n) is 4.72. The highest BCUT2D eigenvalue weighted by Gasteiger charge is 2.35. The van der Waals surface area contributed by atoms with Crippen LogP contribution in [0, 0.1) is 11.3 Å². The van der Waals surface area contributed by atoms with Crippen LogP contribution in [0.15, 0.2) is 0 Å². The zero-order chi connectivity index (χ0) is 8.32. The maximum Gasteiger partial charge on any atom is -0.0325 e.